The number of hydrogen-bond donors (Lipinski definition) is 0. The van der Waals surface area contributed by atoms with Crippen LogP contribution in [-0.4, -0.2) is 71.5 Å². The molecule has 150 valence electrons. The molecule has 0 bridgehead atoms. The number of aromatic nitrogens is 2. The number of fused-ring (bicyclic) bond motifs is 1. The van der Waals surface area contributed by atoms with E-state index in [1.807, 2.05) is 12.1 Å². The third kappa shape index (κ3) is 4.30. The number of benzene rings is 1. The average Bonchev–Trinajstić information content (AvgIpc) is 2.74. The minimum Gasteiger partial charge on any atom is -0.356 e. The van der Waals surface area contributed by atoms with Crippen LogP contribution in [0.5, 0.6) is 0 Å². The lowest BCUT2D eigenvalue weighted by Gasteiger charge is -2.36. The SMILES string of the molecule is CCN1CCN(C(=O)CC2CCN(c3ncnc4ccc(Br)cc34)CC2)CC1. The van der Waals surface area contributed by atoms with Crippen LogP contribution in [0.15, 0.2) is 29.0 Å². The van der Waals surface area contributed by atoms with Crippen molar-refractivity contribution in [2.24, 2.45) is 5.92 Å². The summed E-state index contributed by atoms with van der Waals surface area (Å²) in [5, 5.41) is 1.08. The molecular formula is C21H28BrN5O. The molecule has 2 aliphatic rings. The van der Waals surface area contributed by atoms with E-state index in [9.17, 15) is 4.79 Å². The predicted molar refractivity (Wildman–Crippen MR) is 115 cm³/mol. The molecule has 1 aromatic heterocycles. The molecule has 2 aliphatic heterocycles. The third-order valence-corrected chi connectivity index (χ3v) is 6.62. The van der Waals surface area contributed by atoms with Gasteiger partial charge in [0.25, 0.3) is 0 Å². The van der Waals surface area contributed by atoms with Crippen molar-refractivity contribution in [2.45, 2.75) is 26.2 Å². The quantitative estimate of drug-likeness (QED) is 0.723. The van der Waals surface area contributed by atoms with Crippen molar-refractivity contribution in [1.82, 2.24) is 19.8 Å². The number of carbonyl (C=O) groups excluding carboxylic acids is 1. The van der Waals surface area contributed by atoms with E-state index < -0.39 is 0 Å². The molecular weight excluding hydrogens is 418 g/mol. The Bertz CT molecular complexity index is 829. The number of nitrogens with zero attached hydrogens (tertiary/aromatic N) is 5. The zero-order chi connectivity index (χ0) is 19.5. The Labute approximate surface area is 175 Å². The van der Waals surface area contributed by atoms with Crippen LogP contribution in [0.1, 0.15) is 26.2 Å². The molecule has 2 fully saturated rings. The fraction of sp³-hybridized carbons (Fsp3) is 0.571. The van der Waals surface area contributed by atoms with Gasteiger partial charge in [-0.05, 0) is 43.5 Å². The number of halogens is 1. The van der Waals surface area contributed by atoms with Crippen molar-refractivity contribution in [3.8, 4) is 0 Å². The van der Waals surface area contributed by atoms with Crippen molar-refractivity contribution in [3.63, 3.8) is 0 Å². The lowest BCUT2D eigenvalue weighted by molar-refractivity contribution is -0.134. The van der Waals surface area contributed by atoms with Gasteiger partial charge in [0, 0.05) is 55.5 Å². The van der Waals surface area contributed by atoms with Gasteiger partial charge in [0.2, 0.25) is 5.91 Å². The van der Waals surface area contributed by atoms with Crippen LogP contribution in [0.2, 0.25) is 0 Å². The van der Waals surface area contributed by atoms with Gasteiger partial charge >= 0.3 is 0 Å². The summed E-state index contributed by atoms with van der Waals surface area (Å²) in [7, 11) is 0. The Balaban J connectivity index is 1.34. The molecule has 28 heavy (non-hydrogen) atoms. The van der Waals surface area contributed by atoms with Crippen LogP contribution in [0.3, 0.4) is 0 Å². The molecule has 6 nitrogen and oxygen atoms in total. The largest absolute Gasteiger partial charge is 0.356 e. The molecule has 3 heterocycles. The monoisotopic (exact) mass is 445 g/mol. The van der Waals surface area contributed by atoms with Gasteiger partial charge in [-0.2, -0.15) is 0 Å². The van der Waals surface area contributed by atoms with Gasteiger partial charge < -0.3 is 14.7 Å². The second-order valence-corrected chi connectivity index (χ2v) is 8.72. The normalized spacial score (nSPS) is 19.4. The highest BCUT2D eigenvalue weighted by Crippen LogP contribution is 2.30. The fourth-order valence-electron chi connectivity index (χ4n) is 4.31. The van der Waals surface area contributed by atoms with Gasteiger partial charge in [-0.15, -0.1) is 0 Å². The molecule has 0 atom stereocenters. The first-order chi connectivity index (χ1) is 13.6. The first-order valence-electron chi connectivity index (χ1n) is 10.3. The van der Waals surface area contributed by atoms with Crippen molar-refractivity contribution < 1.29 is 4.79 Å². The van der Waals surface area contributed by atoms with E-state index in [-0.39, 0.29) is 0 Å². The fourth-order valence-corrected chi connectivity index (χ4v) is 4.67. The maximum atomic E-state index is 12.7. The molecule has 0 N–H and O–H groups in total. The van der Waals surface area contributed by atoms with Crippen molar-refractivity contribution >= 4 is 38.6 Å². The zero-order valence-electron chi connectivity index (χ0n) is 16.5. The number of anilines is 1. The summed E-state index contributed by atoms with van der Waals surface area (Å²) in [4.78, 5) is 28.5. The number of carbonyl (C=O) groups is 1. The van der Waals surface area contributed by atoms with Crippen LogP contribution >= 0.6 is 15.9 Å². The lowest BCUT2D eigenvalue weighted by Crippen LogP contribution is -2.49. The molecule has 0 saturated carbocycles. The number of amides is 1. The number of piperidine rings is 1. The summed E-state index contributed by atoms with van der Waals surface area (Å²) in [5.74, 6) is 1.82. The van der Waals surface area contributed by atoms with E-state index in [2.05, 4.69) is 53.6 Å². The van der Waals surface area contributed by atoms with E-state index in [1.165, 1.54) is 0 Å². The second-order valence-electron chi connectivity index (χ2n) is 7.81. The van der Waals surface area contributed by atoms with Gasteiger partial charge in [-0.3, -0.25) is 4.79 Å². The van der Waals surface area contributed by atoms with Gasteiger partial charge in [-0.25, -0.2) is 9.97 Å². The molecule has 4 rings (SSSR count). The highest BCUT2D eigenvalue weighted by molar-refractivity contribution is 9.10. The molecule has 2 aromatic rings. The van der Waals surface area contributed by atoms with Crippen LogP contribution in [0, 0.1) is 5.92 Å². The minimum atomic E-state index is 0.339. The number of piperazine rings is 1. The molecule has 0 spiro atoms. The third-order valence-electron chi connectivity index (χ3n) is 6.13. The Kier molecular flexibility index (Phi) is 6.11. The van der Waals surface area contributed by atoms with Crippen LogP contribution in [0.25, 0.3) is 10.9 Å². The van der Waals surface area contributed by atoms with E-state index in [1.54, 1.807) is 6.33 Å². The molecule has 1 aromatic carbocycles. The first kappa shape index (κ1) is 19.6. The topological polar surface area (TPSA) is 52.6 Å². The predicted octanol–water partition coefficient (Wildman–Crippen LogP) is 3.16. The highest BCUT2D eigenvalue weighted by Gasteiger charge is 2.26. The van der Waals surface area contributed by atoms with Crippen LogP contribution in [0.4, 0.5) is 5.82 Å². The van der Waals surface area contributed by atoms with Gasteiger partial charge in [0.1, 0.15) is 12.1 Å². The Morgan fingerprint density at radius 1 is 1.11 bits per heavy atom. The molecule has 7 heteroatoms. The molecule has 0 aliphatic carbocycles. The Hall–Kier alpha value is -1.73. The first-order valence-corrected chi connectivity index (χ1v) is 11.1. The van der Waals surface area contributed by atoms with Crippen molar-refractivity contribution in [1.29, 1.82) is 0 Å². The van der Waals surface area contributed by atoms with Crippen molar-refractivity contribution in [3.05, 3.63) is 29.0 Å². The number of hydrogen-bond acceptors (Lipinski definition) is 5. The van der Waals surface area contributed by atoms with Gasteiger partial charge in [0.15, 0.2) is 0 Å². The second kappa shape index (κ2) is 8.74. The summed E-state index contributed by atoms with van der Waals surface area (Å²) in [6, 6.07) is 6.13. The molecule has 2 saturated heterocycles. The van der Waals surface area contributed by atoms with Gasteiger partial charge in [0.05, 0.1) is 5.52 Å². The van der Waals surface area contributed by atoms with E-state index in [0.29, 0.717) is 18.2 Å². The number of likely N-dealkylation sites (N-methyl/N-ethyl adjacent to an activating group) is 1. The van der Waals surface area contributed by atoms with E-state index in [0.717, 1.165) is 79.8 Å². The van der Waals surface area contributed by atoms with Crippen molar-refractivity contribution in [2.75, 3.05) is 50.7 Å². The Morgan fingerprint density at radius 2 is 1.86 bits per heavy atom. The average molecular weight is 446 g/mol. The Morgan fingerprint density at radius 3 is 2.57 bits per heavy atom. The minimum absolute atomic E-state index is 0.339. The molecule has 0 radical (unpaired) electrons. The molecule has 1 amide bonds. The highest BCUT2D eigenvalue weighted by atomic mass is 79.9. The zero-order valence-corrected chi connectivity index (χ0v) is 18.1. The van der Waals surface area contributed by atoms with Crippen LogP contribution in [-0.2, 0) is 4.79 Å². The maximum absolute atomic E-state index is 12.7. The van der Waals surface area contributed by atoms with Gasteiger partial charge in [-0.1, -0.05) is 22.9 Å². The van der Waals surface area contributed by atoms with Crippen LogP contribution < -0.4 is 4.90 Å². The lowest BCUT2D eigenvalue weighted by atomic mass is 9.92. The van der Waals surface area contributed by atoms with E-state index >= 15 is 0 Å². The smallest absolute Gasteiger partial charge is 0.222 e. The summed E-state index contributed by atoms with van der Waals surface area (Å²) in [6.07, 6.45) is 4.42. The van der Waals surface area contributed by atoms with E-state index in [4.69, 9.17) is 0 Å². The maximum Gasteiger partial charge on any atom is 0.222 e. The number of rotatable bonds is 4. The summed E-state index contributed by atoms with van der Waals surface area (Å²) < 4.78 is 1.04. The standard InChI is InChI=1S/C21H28BrN5O/c1-2-25-9-11-26(12-10-25)20(28)13-16-5-7-27(8-6-16)21-18-14-17(22)3-4-19(18)23-15-24-21/h3-4,14-16H,2,5-13H2,1H3. The summed E-state index contributed by atoms with van der Waals surface area (Å²) in [5.41, 5.74) is 0.969. The summed E-state index contributed by atoms with van der Waals surface area (Å²) >= 11 is 3.55. The summed E-state index contributed by atoms with van der Waals surface area (Å²) in [6.45, 7) is 8.94. The molecule has 0 unspecified atom stereocenters.